The van der Waals surface area contributed by atoms with Crippen LogP contribution in [-0.4, -0.2) is 18.1 Å². The molecule has 0 bridgehead atoms. The van der Waals surface area contributed by atoms with E-state index >= 15 is 0 Å². The van der Waals surface area contributed by atoms with Crippen molar-refractivity contribution < 1.29 is 4.74 Å². The molecule has 0 aliphatic rings. The number of aromatic nitrogens is 1. The van der Waals surface area contributed by atoms with Crippen LogP contribution in [0.15, 0.2) is 42.5 Å². The summed E-state index contributed by atoms with van der Waals surface area (Å²) in [5.41, 5.74) is 2.51. The minimum absolute atomic E-state index is 0.607. The number of benzene rings is 1. The summed E-state index contributed by atoms with van der Waals surface area (Å²) < 4.78 is 5.57. The number of hydrogen-bond acceptors (Lipinski definition) is 4. The second kappa shape index (κ2) is 7.27. The summed E-state index contributed by atoms with van der Waals surface area (Å²) in [5, 5.41) is 12.0. The van der Waals surface area contributed by atoms with Crippen LogP contribution in [0.4, 0.5) is 5.82 Å². The van der Waals surface area contributed by atoms with Crippen molar-refractivity contribution in [3.8, 4) is 6.07 Å². The average molecular weight is 267 g/mol. The standard InChI is InChI=1S/C16H17N3O/c1-13-15(11-17)7-8-16(19-13)18-9-10-20-12-14-5-3-2-4-6-14/h2-8H,9-10,12H2,1H3,(H,18,19). The third kappa shape index (κ3) is 4.08. The van der Waals surface area contributed by atoms with Crippen LogP contribution in [0.25, 0.3) is 0 Å². The molecule has 20 heavy (non-hydrogen) atoms. The molecule has 0 aliphatic heterocycles. The third-order valence-electron chi connectivity index (χ3n) is 2.87. The lowest BCUT2D eigenvalue weighted by Crippen LogP contribution is -2.10. The zero-order valence-electron chi connectivity index (χ0n) is 11.5. The van der Waals surface area contributed by atoms with Crippen LogP contribution in [0, 0.1) is 18.3 Å². The molecule has 1 aromatic heterocycles. The fourth-order valence-corrected chi connectivity index (χ4v) is 1.79. The average Bonchev–Trinajstić information content (AvgIpc) is 2.48. The molecule has 0 aliphatic carbocycles. The molecule has 0 saturated carbocycles. The predicted octanol–water partition coefficient (Wildman–Crippen LogP) is 2.89. The third-order valence-corrected chi connectivity index (χ3v) is 2.87. The number of nitriles is 1. The maximum Gasteiger partial charge on any atom is 0.126 e. The fraction of sp³-hybridized carbons (Fsp3) is 0.250. The van der Waals surface area contributed by atoms with Gasteiger partial charge >= 0.3 is 0 Å². The van der Waals surface area contributed by atoms with Crippen molar-refractivity contribution in [3.63, 3.8) is 0 Å². The zero-order chi connectivity index (χ0) is 14.2. The Hall–Kier alpha value is -2.38. The molecule has 0 saturated heterocycles. The normalized spacial score (nSPS) is 10.0. The van der Waals surface area contributed by atoms with Gasteiger partial charge in [-0.2, -0.15) is 5.26 Å². The molecule has 0 amide bonds. The van der Waals surface area contributed by atoms with E-state index < -0.39 is 0 Å². The first-order valence-corrected chi connectivity index (χ1v) is 6.53. The number of nitrogens with zero attached hydrogens (tertiary/aromatic N) is 2. The maximum atomic E-state index is 8.83. The molecule has 1 N–H and O–H groups in total. The van der Waals surface area contributed by atoms with Gasteiger partial charge in [0.1, 0.15) is 11.9 Å². The number of ether oxygens (including phenoxy) is 1. The van der Waals surface area contributed by atoms with Crippen molar-refractivity contribution in [2.45, 2.75) is 13.5 Å². The van der Waals surface area contributed by atoms with Crippen molar-refractivity contribution in [2.24, 2.45) is 0 Å². The van der Waals surface area contributed by atoms with E-state index in [9.17, 15) is 0 Å². The number of anilines is 1. The summed E-state index contributed by atoms with van der Waals surface area (Å²) in [6.07, 6.45) is 0. The van der Waals surface area contributed by atoms with Gasteiger partial charge in [-0.15, -0.1) is 0 Å². The fourth-order valence-electron chi connectivity index (χ4n) is 1.79. The molecule has 102 valence electrons. The molecular weight excluding hydrogens is 250 g/mol. The van der Waals surface area contributed by atoms with Crippen molar-refractivity contribution in [1.29, 1.82) is 5.26 Å². The van der Waals surface area contributed by atoms with Crippen LogP contribution in [0.5, 0.6) is 0 Å². The Labute approximate surface area is 119 Å². The molecule has 1 heterocycles. The van der Waals surface area contributed by atoms with E-state index in [1.165, 1.54) is 5.56 Å². The summed E-state index contributed by atoms with van der Waals surface area (Å²) in [6, 6.07) is 15.8. The SMILES string of the molecule is Cc1nc(NCCOCc2ccccc2)ccc1C#N. The van der Waals surface area contributed by atoms with E-state index in [1.54, 1.807) is 6.07 Å². The number of pyridine rings is 1. The lowest BCUT2D eigenvalue weighted by Gasteiger charge is -2.08. The molecule has 2 aromatic rings. The van der Waals surface area contributed by atoms with Crippen LogP contribution in [-0.2, 0) is 11.3 Å². The van der Waals surface area contributed by atoms with Crippen molar-refractivity contribution >= 4 is 5.82 Å². The topological polar surface area (TPSA) is 57.9 Å². The molecule has 0 radical (unpaired) electrons. The highest BCUT2D eigenvalue weighted by Crippen LogP contribution is 2.09. The van der Waals surface area contributed by atoms with Gasteiger partial charge in [0.2, 0.25) is 0 Å². The van der Waals surface area contributed by atoms with E-state index in [0.29, 0.717) is 25.3 Å². The Kier molecular flexibility index (Phi) is 5.10. The van der Waals surface area contributed by atoms with Gasteiger partial charge in [-0.05, 0) is 24.6 Å². The lowest BCUT2D eigenvalue weighted by atomic mass is 10.2. The first kappa shape index (κ1) is 14.0. The van der Waals surface area contributed by atoms with Gasteiger partial charge in [-0.1, -0.05) is 30.3 Å². The van der Waals surface area contributed by atoms with Crippen LogP contribution in [0.2, 0.25) is 0 Å². The Morgan fingerprint density at radius 2 is 2.00 bits per heavy atom. The van der Waals surface area contributed by atoms with Gasteiger partial charge in [0.05, 0.1) is 24.5 Å². The summed E-state index contributed by atoms with van der Waals surface area (Å²) in [4.78, 5) is 4.31. The van der Waals surface area contributed by atoms with Gasteiger partial charge in [0.25, 0.3) is 0 Å². The van der Waals surface area contributed by atoms with E-state index in [-0.39, 0.29) is 0 Å². The van der Waals surface area contributed by atoms with Crippen LogP contribution in [0.1, 0.15) is 16.8 Å². The van der Waals surface area contributed by atoms with Gasteiger partial charge < -0.3 is 10.1 Å². The maximum absolute atomic E-state index is 8.83. The summed E-state index contributed by atoms with van der Waals surface area (Å²) in [5.74, 6) is 0.768. The number of nitrogens with one attached hydrogen (secondary N) is 1. The molecule has 0 spiro atoms. The minimum atomic E-state index is 0.607. The summed E-state index contributed by atoms with van der Waals surface area (Å²) in [6.45, 7) is 3.73. The van der Waals surface area contributed by atoms with Crippen molar-refractivity contribution in [3.05, 3.63) is 59.3 Å². The van der Waals surface area contributed by atoms with Gasteiger partial charge in [0.15, 0.2) is 0 Å². The highest BCUT2D eigenvalue weighted by Gasteiger charge is 2.00. The molecule has 4 nitrogen and oxygen atoms in total. The summed E-state index contributed by atoms with van der Waals surface area (Å²) in [7, 11) is 0. The quantitative estimate of drug-likeness (QED) is 0.818. The lowest BCUT2D eigenvalue weighted by molar-refractivity contribution is 0.130. The molecule has 1 aromatic carbocycles. The second-order valence-corrected chi connectivity index (χ2v) is 4.41. The number of hydrogen-bond donors (Lipinski definition) is 1. The molecule has 2 rings (SSSR count). The summed E-state index contributed by atoms with van der Waals surface area (Å²) >= 11 is 0. The molecule has 0 fully saturated rings. The van der Waals surface area contributed by atoms with Gasteiger partial charge in [-0.3, -0.25) is 0 Å². The Bertz CT molecular complexity index is 590. The van der Waals surface area contributed by atoms with E-state index in [4.69, 9.17) is 10.00 Å². The predicted molar refractivity (Wildman–Crippen MR) is 78.3 cm³/mol. The smallest absolute Gasteiger partial charge is 0.126 e. The van der Waals surface area contributed by atoms with Crippen LogP contribution in [0.3, 0.4) is 0 Å². The number of aryl methyl sites for hydroxylation is 1. The Balaban J connectivity index is 1.71. The number of rotatable bonds is 6. The zero-order valence-corrected chi connectivity index (χ0v) is 11.5. The minimum Gasteiger partial charge on any atom is -0.375 e. The van der Waals surface area contributed by atoms with Crippen molar-refractivity contribution in [1.82, 2.24) is 4.98 Å². The molecule has 0 atom stereocenters. The Morgan fingerprint density at radius 1 is 1.20 bits per heavy atom. The molecule has 4 heteroatoms. The van der Waals surface area contributed by atoms with Crippen LogP contribution >= 0.6 is 0 Å². The highest BCUT2D eigenvalue weighted by molar-refractivity contribution is 5.42. The van der Waals surface area contributed by atoms with E-state index in [2.05, 4.69) is 16.4 Å². The second-order valence-electron chi connectivity index (χ2n) is 4.41. The monoisotopic (exact) mass is 267 g/mol. The molecule has 0 unspecified atom stereocenters. The van der Waals surface area contributed by atoms with E-state index in [0.717, 1.165) is 11.5 Å². The van der Waals surface area contributed by atoms with Crippen molar-refractivity contribution in [2.75, 3.05) is 18.5 Å². The first-order valence-electron chi connectivity index (χ1n) is 6.53. The molecular formula is C16H17N3O. The van der Waals surface area contributed by atoms with Crippen LogP contribution < -0.4 is 5.32 Å². The highest BCUT2D eigenvalue weighted by atomic mass is 16.5. The van der Waals surface area contributed by atoms with Gasteiger partial charge in [-0.25, -0.2) is 4.98 Å². The van der Waals surface area contributed by atoms with Gasteiger partial charge in [0, 0.05) is 6.54 Å². The van der Waals surface area contributed by atoms with E-state index in [1.807, 2.05) is 43.3 Å². The first-order chi connectivity index (χ1) is 9.79. The Morgan fingerprint density at radius 3 is 2.70 bits per heavy atom. The largest absolute Gasteiger partial charge is 0.375 e.